The van der Waals surface area contributed by atoms with Gasteiger partial charge in [-0.25, -0.2) is 18.4 Å². The predicted octanol–water partition coefficient (Wildman–Crippen LogP) is 6.89. The summed E-state index contributed by atoms with van der Waals surface area (Å²) in [5.74, 6) is -3.50. The average molecular weight is 634 g/mol. The van der Waals surface area contributed by atoms with Gasteiger partial charge in [0.2, 0.25) is 0 Å². The standard InChI is InChI=1S/C31H21F2N3O6S2/c1-41-30(39)24-21(16-3-8-19(32)9-4-16)14-43-28(24)35-26(37)18-7-12-23(34-13-18)27(38)36-29-25(31(40)42-2)22(15-44-29)17-5-10-20(33)11-6-17/h3-15H,1-2H3,(H,35,37)(H,36,38). The highest BCUT2D eigenvalue weighted by Gasteiger charge is 2.25. The maximum absolute atomic E-state index is 13.4. The van der Waals surface area contributed by atoms with Crippen molar-refractivity contribution in [3.8, 4) is 22.3 Å². The third kappa shape index (κ3) is 6.23. The van der Waals surface area contributed by atoms with Crippen LogP contribution in [0.1, 0.15) is 41.6 Å². The van der Waals surface area contributed by atoms with Crippen LogP contribution in [-0.4, -0.2) is 43.0 Å². The number of esters is 2. The molecule has 13 heteroatoms. The first-order valence-corrected chi connectivity index (χ1v) is 14.5. The molecule has 3 heterocycles. The fraction of sp³-hybridized carbons (Fsp3) is 0.0645. The van der Waals surface area contributed by atoms with E-state index in [1.807, 2.05) is 0 Å². The zero-order valence-corrected chi connectivity index (χ0v) is 24.6. The van der Waals surface area contributed by atoms with Crippen LogP contribution in [0.15, 0.2) is 77.6 Å². The molecule has 222 valence electrons. The number of thiophene rings is 2. The second-order valence-electron chi connectivity index (χ2n) is 9.04. The molecule has 0 aliphatic heterocycles. The topological polar surface area (TPSA) is 124 Å². The Morgan fingerprint density at radius 3 is 1.52 bits per heavy atom. The first-order valence-electron chi connectivity index (χ1n) is 12.7. The lowest BCUT2D eigenvalue weighted by molar-refractivity contribution is 0.0594. The smallest absolute Gasteiger partial charge is 0.341 e. The van der Waals surface area contributed by atoms with Gasteiger partial charge in [0.25, 0.3) is 11.8 Å². The van der Waals surface area contributed by atoms with Gasteiger partial charge in [-0.3, -0.25) is 14.6 Å². The third-order valence-electron chi connectivity index (χ3n) is 6.38. The minimum atomic E-state index is -0.691. The van der Waals surface area contributed by atoms with Crippen molar-refractivity contribution in [3.05, 3.63) is 112 Å². The number of carbonyl (C=O) groups is 4. The number of nitrogens with zero attached hydrogens (tertiary/aromatic N) is 1. The van der Waals surface area contributed by atoms with E-state index in [0.717, 1.165) is 22.7 Å². The molecule has 5 aromatic rings. The number of nitrogens with one attached hydrogen (secondary N) is 2. The summed E-state index contributed by atoms with van der Waals surface area (Å²) in [5.41, 5.74) is 2.31. The number of ether oxygens (including phenoxy) is 2. The van der Waals surface area contributed by atoms with E-state index in [9.17, 15) is 28.0 Å². The van der Waals surface area contributed by atoms with Crippen LogP contribution in [0.4, 0.5) is 18.8 Å². The lowest BCUT2D eigenvalue weighted by atomic mass is 10.0. The SMILES string of the molecule is COC(=O)c1c(-c2ccc(F)cc2)csc1NC(=O)c1ccc(C(=O)Nc2scc(-c3ccc(F)cc3)c2C(=O)OC)nc1. The van der Waals surface area contributed by atoms with Gasteiger partial charge in [0.1, 0.15) is 38.5 Å². The number of aromatic nitrogens is 1. The molecular formula is C31H21F2N3O6S2. The van der Waals surface area contributed by atoms with Crippen LogP contribution in [0, 0.1) is 11.6 Å². The van der Waals surface area contributed by atoms with E-state index in [1.54, 1.807) is 10.8 Å². The van der Waals surface area contributed by atoms with Crippen LogP contribution in [0.3, 0.4) is 0 Å². The Morgan fingerprint density at radius 1 is 0.659 bits per heavy atom. The first-order chi connectivity index (χ1) is 21.2. The second-order valence-corrected chi connectivity index (χ2v) is 10.8. The first kappa shape index (κ1) is 30.2. The van der Waals surface area contributed by atoms with Crippen molar-refractivity contribution in [3.63, 3.8) is 0 Å². The summed E-state index contributed by atoms with van der Waals surface area (Å²) in [6.07, 6.45) is 1.19. The van der Waals surface area contributed by atoms with E-state index >= 15 is 0 Å². The molecule has 0 bridgehead atoms. The van der Waals surface area contributed by atoms with E-state index < -0.39 is 35.4 Å². The molecule has 0 spiro atoms. The molecular weight excluding hydrogens is 612 g/mol. The van der Waals surface area contributed by atoms with Crippen LogP contribution in [0.25, 0.3) is 22.3 Å². The number of pyridine rings is 1. The molecule has 0 aliphatic carbocycles. The molecule has 0 aliphatic rings. The molecule has 0 unspecified atom stereocenters. The maximum atomic E-state index is 13.4. The van der Waals surface area contributed by atoms with E-state index in [1.165, 1.54) is 81.1 Å². The monoisotopic (exact) mass is 633 g/mol. The molecule has 9 nitrogen and oxygen atoms in total. The van der Waals surface area contributed by atoms with Crippen molar-refractivity contribution >= 4 is 56.4 Å². The van der Waals surface area contributed by atoms with Gasteiger partial charge < -0.3 is 20.1 Å². The number of anilines is 2. The summed E-state index contributed by atoms with van der Waals surface area (Å²) >= 11 is 2.18. The Balaban J connectivity index is 1.34. The van der Waals surface area contributed by atoms with Crippen LogP contribution < -0.4 is 10.6 Å². The van der Waals surface area contributed by atoms with Gasteiger partial charge in [-0.05, 0) is 47.5 Å². The number of methoxy groups -OCH3 is 2. The van der Waals surface area contributed by atoms with E-state index in [4.69, 9.17) is 9.47 Å². The molecule has 2 aromatic carbocycles. The van der Waals surface area contributed by atoms with Gasteiger partial charge in [0.15, 0.2) is 0 Å². The van der Waals surface area contributed by atoms with Crippen molar-refractivity contribution in [2.24, 2.45) is 0 Å². The zero-order chi connectivity index (χ0) is 31.4. The number of hydrogen-bond donors (Lipinski definition) is 2. The maximum Gasteiger partial charge on any atom is 0.341 e. The summed E-state index contributed by atoms with van der Waals surface area (Å²) in [6, 6.07) is 13.8. The Kier molecular flexibility index (Phi) is 8.88. The molecule has 0 atom stereocenters. The lowest BCUT2D eigenvalue weighted by Gasteiger charge is -2.09. The van der Waals surface area contributed by atoms with Gasteiger partial charge in [-0.15, -0.1) is 22.7 Å². The van der Waals surface area contributed by atoms with Crippen molar-refractivity contribution in [1.29, 1.82) is 0 Å². The van der Waals surface area contributed by atoms with Crippen molar-refractivity contribution in [2.75, 3.05) is 24.9 Å². The van der Waals surface area contributed by atoms with Gasteiger partial charge in [-0.1, -0.05) is 24.3 Å². The van der Waals surface area contributed by atoms with Crippen LogP contribution in [0.2, 0.25) is 0 Å². The highest BCUT2D eigenvalue weighted by molar-refractivity contribution is 7.15. The minimum Gasteiger partial charge on any atom is -0.465 e. The molecule has 2 amide bonds. The zero-order valence-electron chi connectivity index (χ0n) is 23.0. The molecule has 2 N–H and O–H groups in total. The van der Waals surface area contributed by atoms with Crippen LogP contribution in [-0.2, 0) is 9.47 Å². The molecule has 0 radical (unpaired) electrons. The number of amides is 2. The second kappa shape index (κ2) is 12.9. The van der Waals surface area contributed by atoms with E-state index in [-0.39, 0.29) is 32.4 Å². The number of halogens is 2. The summed E-state index contributed by atoms with van der Waals surface area (Å²) in [4.78, 5) is 55.3. The van der Waals surface area contributed by atoms with Gasteiger partial charge >= 0.3 is 11.9 Å². The van der Waals surface area contributed by atoms with Gasteiger partial charge in [-0.2, -0.15) is 0 Å². The molecule has 0 saturated heterocycles. The van der Waals surface area contributed by atoms with E-state index in [2.05, 4.69) is 15.6 Å². The Labute approximate surface area is 257 Å². The average Bonchev–Trinajstić information content (AvgIpc) is 3.65. The number of rotatable bonds is 8. The molecule has 44 heavy (non-hydrogen) atoms. The van der Waals surface area contributed by atoms with Crippen LogP contribution in [0.5, 0.6) is 0 Å². The lowest BCUT2D eigenvalue weighted by Crippen LogP contribution is -2.17. The van der Waals surface area contributed by atoms with Gasteiger partial charge in [0, 0.05) is 28.1 Å². The minimum absolute atomic E-state index is 0.0425. The Morgan fingerprint density at radius 2 is 1.11 bits per heavy atom. The Bertz CT molecular complexity index is 1730. The fourth-order valence-corrected chi connectivity index (χ4v) is 6.10. The quantitative estimate of drug-likeness (QED) is 0.178. The molecule has 5 rings (SSSR count). The van der Waals surface area contributed by atoms with Gasteiger partial charge in [0.05, 0.1) is 19.8 Å². The van der Waals surface area contributed by atoms with Crippen molar-refractivity contribution < 1.29 is 37.4 Å². The summed E-state index contributed by atoms with van der Waals surface area (Å²) < 4.78 is 36.6. The highest BCUT2D eigenvalue weighted by Crippen LogP contribution is 2.38. The third-order valence-corrected chi connectivity index (χ3v) is 8.17. The largest absolute Gasteiger partial charge is 0.465 e. The number of hydrogen-bond acceptors (Lipinski definition) is 9. The summed E-state index contributed by atoms with van der Waals surface area (Å²) in [5, 5.41) is 9.03. The molecule has 3 aromatic heterocycles. The number of benzene rings is 2. The van der Waals surface area contributed by atoms with Crippen molar-refractivity contribution in [2.45, 2.75) is 0 Å². The van der Waals surface area contributed by atoms with Crippen LogP contribution >= 0.6 is 22.7 Å². The predicted molar refractivity (Wildman–Crippen MR) is 162 cm³/mol. The van der Waals surface area contributed by atoms with E-state index in [0.29, 0.717) is 22.3 Å². The van der Waals surface area contributed by atoms with Crippen molar-refractivity contribution in [1.82, 2.24) is 4.98 Å². The summed E-state index contributed by atoms with van der Waals surface area (Å²) in [6.45, 7) is 0. The fourth-order valence-electron chi connectivity index (χ4n) is 4.20. The molecule has 0 saturated carbocycles. The normalized spacial score (nSPS) is 10.6. The Hall–Kier alpha value is -5.27. The highest BCUT2D eigenvalue weighted by atomic mass is 32.1. The summed E-state index contributed by atoms with van der Waals surface area (Å²) in [7, 11) is 2.42. The molecule has 0 fully saturated rings. The number of carbonyl (C=O) groups excluding carboxylic acids is 4.